The quantitative estimate of drug-likeness (QED) is 0.584. The van der Waals surface area contributed by atoms with Crippen LogP contribution in [-0.4, -0.2) is 5.38 Å². The highest BCUT2D eigenvalue weighted by atomic mass is 35.5. The Balaban J connectivity index is 1.90. The van der Waals surface area contributed by atoms with Gasteiger partial charge >= 0.3 is 0 Å². The molecule has 1 heteroatoms. The third-order valence-corrected chi connectivity index (χ3v) is 5.50. The molecule has 0 aliphatic heterocycles. The summed E-state index contributed by atoms with van der Waals surface area (Å²) >= 11 is 6.27. The summed E-state index contributed by atoms with van der Waals surface area (Å²) in [6.45, 7) is 4.84. The molecular weight excluding hydrogens is 204 g/mol. The molecule has 15 heavy (non-hydrogen) atoms. The molecule has 0 aromatic carbocycles. The van der Waals surface area contributed by atoms with Gasteiger partial charge in [0.15, 0.2) is 0 Å². The summed E-state index contributed by atoms with van der Waals surface area (Å²) in [5.41, 5.74) is 0.588. The van der Waals surface area contributed by atoms with Gasteiger partial charge in [0.05, 0.1) is 0 Å². The third kappa shape index (κ3) is 2.52. The first-order valence-corrected chi connectivity index (χ1v) is 7.22. The fourth-order valence-corrected chi connectivity index (χ4v) is 4.30. The second-order valence-electron chi connectivity index (χ2n) is 6.12. The molecule has 2 rings (SSSR count). The second-order valence-corrected chi connectivity index (χ2v) is 6.74. The molecule has 0 nitrogen and oxygen atoms in total. The lowest BCUT2D eigenvalue weighted by Gasteiger charge is -2.39. The summed E-state index contributed by atoms with van der Waals surface area (Å²) < 4.78 is 0. The Hall–Kier alpha value is 0.290. The molecule has 0 amide bonds. The molecule has 0 heterocycles. The average Bonchev–Trinajstić information content (AvgIpc) is 2.60. The molecule has 0 radical (unpaired) electrons. The second kappa shape index (κ2) is 4.65. The highest BCUT2D eigenvalue weighted by Crippen LogP contribution is 2.51. The predicted molar refractivity (Wildman–Crippen MR) is 67.3 cm³/mol. The van der Waals surface area contributed by atoms with Gasteiger partial charge in [-0.05, 0) is 49.4 Å². The SMILES string of the molecule is CCC1CCC(C2(C)CCC(Cl)C2)CC1. The lowest BCUT2D eigenvalue weighted by Crippen LogP contribution is -2.29. The molecule has 2 saturated carbocycles. The van der Waals surface area contributed by atoms with Crippen molar-refractivity contribution in [2.75, 3.05) is 0 Å². The zero-order valence-corrected chi connectivity index (χ0v) is 11.0. The molecule has 2 fully saturated rings. The Bertz CT molecular complexity index is 205. The first-order chi connectivity index (χ1) is 7.14. The van der Waals surface area contributed by atoms with Crippen LogP contribution in [0.5, 0.6) is 0 Å². The lowest BCUT2D eigenvalue weighted by molar-refractivity contribution is 0.120. The summed E-state index contributed by atoms with van der Waals surface area (Å²) in [7, 11) is 0. The Morgan fingerprint density at radius 2 is 1.80 bits per heavy atom. The van der Waals surface area contributed by atoms with Gasteiger partial charge in [-0.25, -0.2) is 0 Å². The van der Waals surface area contributed by atoms with E-state index in [1.54, 1.807) is 0 Å². The van der Waals surface area contributed by atoms with Gasteiger partial charge in [-0.1, -0.05) is 33.1 Å². The van der Waals surface area contributed by atoms with Gasteiger partial charge in [0, 0.05) is 5.38 Å². The molecule has 0 bridgehead atoms. The Kier molecular flexibility index (Phi) is 3.65. The molecule has 0 aromatic heterocycles. The monoisotopic (exact) mass is 228 g/mol. The molecule has 0 saturated heterocycles. The van der Waals surface area contributed by atoms with Crippen LogP contribution in [0.1, 0.15) is 65.2 Å². The van der Waals surface area contributed by atoms with E-state index >= 15 is 0 Å². The van der Waals surface area contributed by atoms with E-state index < -0.39 is 0 Å². The minimum atomic E-state index is 0.471. The van der Waals surface area contributed by atoms with E-state index in [1.807, 2.05) is 0 Å². The smallest absolute Gasteiger partial charge is 0.0341 e. The van der Waals surface area contributed by atoms with Crippen molar-refractivity contribution in [3.05, 3.63) is 0 Å². The van der Waals surface area contributed by atoms with Crippen molar-refractivity contribution in [3.63, 3.8) is 0 Å². The first kappa shape index (κ1) is 11.8. The van der Waals surface area contributed by atoms with Crippen LogP contribution < -0.4 is 0 Å². The largest absolute Gasteiger partial charge is 0.123 e. The van der Waals surface area contributed by atoms with E-state index in [4.69, 9.17) is 11.6 Å². The molecule has 88 valence electrons. The summed E-state index contributed by atoms with van der Waals surface area (Å²) in [5, 5.41) is 0.471. The minimum Gasteiger partial charge on any atom is -0.123 e. The Morgan fingerprint density at radius 1 is 1.13 bits per heavy atom. The topological polar surface area (TPSA) is 0 Å². The van der Waals surface area contributed by atoms with E-state index in [2.05, 4.69) is 13.8 Å². The predicted octanol–water partition coefficient (Wildman–Crippen LogP) is 5.00. The number of hydrogen-bond acceptors (Lipinski definition) is 0. The van der Waals surface area contributed by atoms with Crippen molar-refractivity contribution >= 4 is 11.6 Å². The van der Waals surface area contributed by atoms with Crippen LogP contribution in [0.2, 0.25) is 0 Å². The number of hydrogen-bond donors (Lipinski definition) is 0. The molecule has 2 aliphatic rings. The number of halogens is 1. The standard InChI is InChI=1S/C14H25Cl/c1-3-11-4-6-12(7-5-11)14(2)9-8-13(15)10-14/h11-13H,3-10H2,1-2H3. The zero-order chi connectivity index (χ0) is 10.9. The van der Waals surface area contributed by atoms with Gasteiger partial charge in [-0.2, -0.15) is 0 Å². The van der Waals surface area contributed by atoms with E-state index in [1.165, 1.54) is 51.4 Å². The van der Waals surface area contributed by atoms with E-state index in [0.29, 0.717) is 10.8 Å². The van der Waals surface area contributed by atoms with Gasteiger partial charge < -0.3 is 0 Å². The van der Waals surface area contributed by atoms with Gasteiger partial charge in [-0.15, -0.1) is 11.6 Å². The summed E-state index contributed by atoms with van der Waals surface area (Å²) in [6.07, 6.45) is 11.2. The van der Waals surface area contributed by atoms with Crippen LogP contribution >= 0.6 is 11.6 Å². The maximum absolute atomic E-state index is 6.27. The number of rotatable bonds is 2. The summed E-state index contributed by atoms with van der Waals surface area (Å²) in [4.78, 5) is 0. The van der Waals surface area contributed by atoms with Crippen LogP contribution in [0.3, 0.4) is 0 Å². The van der Waals surface area contributed by atoms with Gasteiger partial charge in [0.25, 0.3) is 0 Å². The summed E-state index contributed by atoms with van der Waals surface area (Å²) in [6, 6.07) is 0. The molecule has 2 atom stereocenters. The Labute approximate surface area is 99.8 Å². The zero-order valence-electron chi connectivity index (χ0n) is 10.3. The molecule has 2 unspecified atom stereocenters. The van der Waals surface area contributed by atoms with Crippen molar-refractivity contribution in [1.29, 1.82) is 0 Å². The van der Waals surface area contributed by atoms with Gasteiger partial charge in [0.1, 0.15) is 0 Å². The highest BCUT2D eigenvalue weighted by molar-refractivity contribution is 6.20. The molecule has 2 aliphatic carbocycles. The van der Waals surface area contributed by atoms with Crippen LogP contribution in [-0.2, 0) is 0 Å². The Morgan fingerprint density at radius 3 is 2.27 bits per heavy atom. The first-order valence-electron chi connectivity index (χ1n) is 6.78. The van der Waals surface area contributed by atoms with Gasteiger partial charge in [-0.3, -0.25) is 0 Å². The highest BCUT2D eigenvalue weighted by Gasteiger charge is 2.41. The lowest BCUT2D eigenvalue weighted by atomic mass is 9.66. The van der Waals surface area contributed by atoms with Gasteiger partial charge in [0.2, 0.25) is 0 Å². The molecule has 0 N–H and O–H groups in total. The van der Waals surface area contributed by atoms with Crippen molar-refractivity contribution in [2.45, 2.75) is 70.6 Å². The van der Waals surface area contributed by atoms with Crippen LogP contribution in [0.25, 0.3) is 0 Å². The van der Waals surface area contributed by atoms with Crippen molar-refractivity contribution in [3.8, 4) is 0 Å². The normalized spacial score (nSPS) is 47.0. The maximum atomic E-state index is 6.27. The average molecular weight is 229 g/mol. The maximum Gasteiger partial charge on any atom is 0.0341 e. The van der Waals surface area contributed by atoms with Crippen molar-refractivity contribution < 1.29 is 0 Å². The van der Waals surface area contributed by atoms with E-state index in [-0.39, 0.29) is 0 Å². The van der Waals surface area contributed by atoms with Crippen LogP contribution in [0.15, 0.2) is 0 Å². The minimum absolute atomic E-state index is 0.471. The molecule has 0 spiro atoms. The third-order valence-electron chi connectivity index (χ3n) is 5.13. The van der Waals surface area contributed by atoms with E-state index in [0.717, 1.165) is 11.8 Å². The van der Waals surface area contributed by atoms with Crippen molar-refractivity contribution in [1.82, 2.24) is 0 Å². The number of alkyl halides is 1. The molecular formula is C14H25Cl. The molecule has 0 aromatic rings. The fourth-order valence-electron chi connectivity index (χ4n) is 3.83. The van der Waals surface area contributed by atoms with Crippen LogP contribution in [0, 0.1) is 17.3 Å². The fraction of sp³-hybridized carbons (Fsp3) is 1.00. The van der Waals surface area contributed by atoms with E-state index in [9.17, 15) is 0 Å². The van der Waals surface area contributed by atoms with Crippen LogP contribution in [0.4, 0.5) is 0 Å². The summed E-state index contributed by atoms with van der Waals surface area (Å²) in [5.74, 6) is 2.00. The van der Waals surface area contributed by atoms with Crippen molar-refractivity contribution in [2.24, 2.45) is 17.3 Å².